The van der Waals surface area contributed by atoms with Crippen LogP contribution in [0.25, 0.3) is 26.3 Å². The molecule has 7 nitrogen and oxygen atoms in total. The molecule has 1 saturated heterocycles. The molecule has 3 aromatic heterocycles. The van der Waals surface area contributed by atoms with E-state index in [1.807, 2.05) is 30.3 Å². The largest absolute Gasteiger partial charge is 0.468 e. The SMILES string of the molecule is O=C(COc1ccc(-n2cnc3cc(-c4ccc(Cl)cc4)sc3c2=O)cn1)N1CCCC1. The van der Waals surface area contributed by atoms with Gasteiger partial charge in [0.2, 0.25) is 5.88 Å². The molecule has 0 saturated carbocycles. The fourth-order valence-electron chi connectivity index (χ4n) is 3.65. The molecule has 1 aromatic carbocycles. The van der Waals surface area contributed by atoms with Crippen LogP contribution in [0.2, 0.25) is 5.02 Å². The van der Waals surface area contributed by atoms with Crippen molar-refractivity contribution in [2.75, 3.05) is 19.7 Å². The van der Waals surface area contributed by atoms with Crippen LogP contribution in [0.5, 0.6) is 5.88 Å². The van der Waals surface area contributed by atoms with E-state index in [-0.39, 0.29) is 18.1 Å². The van der Waals surface area contributed by atoms with E-state index in [2.05, 4.69) is 9.97 Å². The van der Waals surface area contributed by atoms with Gasteiger partial charge in [-0.15, -0.1) is 11.3 Å². The number of pyridine rings is 1. The standard InChI is InChI=1S/C23H19ClN4O3S/c24-16-5-3-15(4-6-16)19-11-18-22(32-19)23(30)28(14-26-18)17-7-8-20(25-12-17)31-13-21(29)27-9-1-2-10-27/h3-8,11-12,14H,1-2,9-10,13H2. The summed E-state index contributed by atoms with van der Waals surface area (Å²) >= 11 is 7.36. The van der Waals surface area contributed by atoms with E-state index in [0.717, 1.165) is 36.4 Å². The second kappa shape index (κ2) is 8.72. The summed E-state index contributed by atoms with van der Waals surface area (Å²) in [6.45, 7) is 1.54. The minimum absolute atomic E-state index is 0.0339. The van der Waals surface area contributed by atoms with Gasteiger partial charge in [0.15, 0.2) is 6.61 Å². The van der Waals surface area contributed by atoms with Crippen molar-refractivity contribution in [1.82, 2.24) is 19.4 Å². The third-order valence-electron chi connectivity index (χ3n) is 5.37. The first-order valence-corrected chi connectivity index (χ1v) is 11.4. The number of ether oxygens (including phenoxy) is 1. The molecule has 0 bridgehead atoms. The van der Waals surface area contributed by atoms with Crippen LogP contribution in [0.3, 0.4) is 0 Å². The first kappa shape index (κ1) is 20.7. The van der Waals surface area contributed by atoms with Gasteiger partial charge in [0.1, 0.15) is 11.0 Å². The molecule has 1 aliphatic heterocycles. The Morgan fingerprint density at radius 2 is 1.88 bits per heavy atom. The predicted molar refractivity (Wildman–Crippen MR) is 125 cm³/mol. The molecule has 4 heterocycles. The van der Waals surface area contributed by atoms with Crippen LogP contribution >= 0.6 is 22.9 Å². The zero-order chi connectivity index (χ0) is 22.1. The molecule has 9 heteroatoms. The van der Waals surface area contributed by atoms with Gasteiger partial charge in [0.25, 0.3) is 11.5 Å². The maximum absolute atomic E-state index is 13.1. The molecule has 0 aliphatic carbocycles. The Hall–Kier alpha value is -3.23. The molecule has 0 radical (unpaired) electrons. The Labute approximate surface area is 192 Å². The summed E-state index contributed by atoms with van der Waals surface area (Å²) in [7, 11) is 0. The number of thiophene rings is 1. The second-order valence-corrected chi connectivity index (χ2v) is 8.97. The quantitative estimate of drug-likeness (QED) is 0.441. The minimum Gasteiger partial charge on any atom is -0.468 e. The average Bonchev–Trinajstić information content (AvgIpc) is 3.50. The summed E-state index contributed by atoms with van der Waals surface area (Å²) in [5.41, 5.74) is 2.04. The number of hydrogen-bond acceptors (Lipinski definition) is 6. The number of amides is 1. The van der Waals surface area contributed by atoms with Gasteiger partial charge in [-0.3, -0.25) is 14.2 Å². The number of nitrogens with zero attached hydrogens (tertiary/aromatic N) is 4. The molecule has 0 unspecified atom stereocenters. The lowest BCUT2D eigenvalue weighted by atomic mass is 10.2. The lowest BCUT2D eigenvalue weighted by Gasteiger charge is -2.15. The summed E-state index contributed by atoms with van der Waals surface area (Å²) in [6, 6.07) is 12.8. The number of aromatic nitrogens is 3. The molecule has 162 valence electrons. The van der Waals surface area contributed by atoms with Gasteiger partial charge in [0, 0.05) is 29.1 Å². The molecule has 0 N–H and O–H groups in total. The van der Waals surface area contributed by atoms with E-state index < -0.39 is 0 Å². The molecular weight excluding hydrogens is 448 g/mol. The lowest BCUT2D eigenvalue weighted by Crippen LogP contribution is -2.32. The third kappa shape index (κ3) is 4.11. The highest BCUT2D eigenvalue weighted by Gasteiger charge is 2.18. The fraction of sp³-hybridized carbons (Fsp3) is 0.217. The number of fused-ring (bicyclic) bond motifs is 1. The van der Waals surface area contributed by atoms with Crippen molar-refractivity contribution in [3.8, 4) is 22.0 Å². The van der Waals surface area contributed by atoms with Gasteiger partial charge in [-0.1, -0.05) is 23.7 Å². The van der Waals surface area contributed by atoms with Crippen molar-refractivity contribution in [3.05, 3.63) is 70.4 Å². The van der Waals surface area contributed by atoms with Crippen LogP contribution in [-0.2, 0) is 4.79 Å². The molecule has 4 aromatic rings. The molecular formula is C23H19ClN4O3S. The molecule has 32 heavy (non-hydrogen) atoms. The van der Waals surface area contributed by atoms with Crippen molar-refractivity contribution in [2.45, 2.75) is 12.8 Å². The number of likely N-dealkylation sites (tertiary alicyclic amines) is 1. The Balaban J connectivity index is 1.36. The van der Waals surface area contributed by atoms with Gasteiger partial charge < -0.3 is 9.64 Å². The highest BCUT2D eigenvalue weighted by atomic mass is 35.5. The smallest absolute Gasteiger partial charge is 0.275 e. The van der Waals surface area contributed by atoms with Crippen LogP contribution < -0.4 is 10.3 Å². The van der Waals surface area contributed by atoms with Crippen LogP contribution in [0.4, 0.5) is 0 Å². The van der Waals surface area contributed by atoms with Crippen molar-refractivity contribution in [3.63, 3.8) is 0 Å². The third-order valence-corrected chi connectivity index (χ3v) is 6.78. The maximum Gasteiger partial charge on any atom is 0.275 e. The van der Waals surface area contributed by atoms with Gasteiger partial charge in [-0.25, -0.2) is 9.97 Å². The monoisotopic (exact) mass is 466 g/mol. The summed E-state index contributed by atoms with van der Waals surface area (Å²) < 4.78 is 7.54. The van der Waals surface area contributed by atoms with Crippen LogP contribution in [0, 0.1) is 0 Å². The first-order valence-electron chi connectivity index (χ1n) is 10.2. The molecule has 1 amide bonds. The Bertz CT molecular complexity index is 1330. The van der Waals surface area contributed by atoms with Gasteiger partial charge in [-0.05, 0) is 42.7 Å². The second-order valence-electron chi connectivity index (χ2n) is 7.48. The van der Waals surface area contributed by atoms with Gasteiger partial charge in [0.05, 0.1) is 17.4 Å². The van der Waals surface area contributed by atoms with Gasteiger partial charge in [-0.2, -0.15) is 0 Å². The Kier molecular flexibility index (Phi) is 5.63. The normalized spacial score (nSPS) is 13.6. The lowest BCUT2D eigenvalue weighted by molar-refractivity contribution is -0.132. The minimum atomic E-state index is -0.167. The highest BCUT2D eigenvalue weighted by molar-refractivity contribution is 7.22. The van der Waals surface area contributed by atoms with Crippen molar-refractivity contribution in [2.24, 2.45) is 0 Å². The number of benzene rings is 1. The van der Waals surface area contributed by atoms with Crippen molar-refractivity contribution in [1.29, 1.82) is 0 Å². The molecule has 0 spiro atoms. The molecule has 1 fully saturated rings. The van der Waals surface area contributed by atoms with E-state index in [0.29, 0.717) is 26.8 Å². The van der Waals surface area contributed by atoms with E-state index in [1.165, 1.54) is 28.4 Å². The highest BCUT2D eigenvalue weighted by Crippen LogP contribution is 2.31. The molecule has 5 rings (SSSR count). The van der Waals surface area contributed by atoms with Crippen molar-refractivity contribution < 1.29 is 9.53 Å². The number of halogens is 1. The van der Waals surface area contributed by atoms with E-state index in [1.54, 1.807) is 17.0 Å². The van der Waals surface area contributed by atoms with Crippen molar-refractivity contribution >= 4 is 39.1 Å². The molecule has 1 aliphatic rings. The van der Waals surface area contributed by atoms with Crippen LogP contribution in [-0.4, -0.2) is 45.0 Å². The number of carbonyl (C=O) groups excluding carboxylic acids is 1. The fourth-order valence-corrected chi connectivity index (χ4v) is 4.82. The molecule has 0 atom stereocenters. The van der Waals surface area contributed by atoms with E-state index >= 15 is 0 Å². The Morgan fingerprint density at radius 3 is 2.59 bits per heavy atom. The van der Waals surface area contributed by atoms with Crippen LogP contribution in [0.1, 0.15) is 12.8 Å². The number of rotatable bonds is 5. The van der Waals surface area contributed by atoms with Gasteiger partial charge >= 0.3 is 0 Å². The predicted octanol–water partition coefficient (Wildman–Crippen LogP) is 4.16. The van der Waals surface area contributed by atoms with E-state index in [9.17, 15) is 9.59 Å². The number of carbonyl (C=O) groups is 1. The summed E-state index contributed by atoms with van der Waals surface area (Å²) in [4.78, 5) is 36.6. The zero-order valence-electron chi connectivity index (χ0n) is 17.0. The van der Waals surface area contributed by atoms with E-state index in [4.69, 9.17) is 16.3 Å². The summed E-state index contributed by atoms with van der Waals surface area (Å²) in [5, 5.41) is 0.663. The maximum atomic E-state index is 13.1. The Morgan fingerprint density at radius 1 is 1.09 bits per heavy atom. The topological polar surface area (TPSA) is 77.3 Å². The number of hydrogen-bond donors (Lipinski definition) is 0. The summed E-state index contributed by atoms with van der Waals surface area (Å²) in [6.07, 6.45) is 5.12. The summed E-state index contributed by atoms with van der Waals surface area (Å²) in [5.74, 6) is 0.304. The average molecular weight is 467 g/mol. The van der Waals surface area contributed by atoms with Crippen LogP contribution in [0.15, 0.2) is 59.8 Å². The zero-order valence-corrected chi connectivity index (χ0v) is 18.6. The first-order chi connectivity index (χ1) is 15.6.